The molecule has 0 bridgehead atoms. The van der Waals surface area contributed by atoms with Gasteiger partial charge >= 0.3 is 0 Å². The SMILES string of the molecule is CCNC(=NCC(CC(C)C)N(C)C)NC1CCN(C(C)C)CC1.I. The van der Waals surface area contributed by atoms with Crippen molar-refractivity contribution in [2.24, 2.45) is 10.9 Å². The third-order valence-electron chi connectivity index (χ3n) is 4.88. The second kappa shape index (κ2) is 13.1. The Morgan fingerprint density at radius 2 is 1.76 bits per heavy atom. The van der Waals surface area contributed by atoms with Gasteiger partial charge in [-0.15, -0.1) is 24.0 Å². The lowest BCUT2D eigenvalue weighted by Crippen LogP contribution is -2.50. The highest BCUT2D eigenvalue weighted by molar-refractivity contribution is 14.0. The van der Waals surface area contributed by atoms with Gasteiger partial charge in [0.15, 0.2) is 5.96 Å². The zero-order valence-corrected chi connectivity index (χ0v) is 19.8. The van der Waals surface area contributed by atoms with Gasteiger partial charge in [0.1, 0.15) is 0 Å². The summed E-state index contributed by atoms with van der Waals surface area (Å²) in [7, 11) is 4.31. The Morgan fingerprint density at radius 1 is 1.16 bits per heavy atom. The van der Waals surface area contributed by atoms with E-state index in [1.54, 1.807) is 0 Å². The molecule has 2 N–H and O–H groups in total. The van der Waals surface area contributed by atoms with Crippen molar-refractivity contribution >= 4 is 29.9 Å². The van der Waals surface area contributed by atoms with Crippen LogP contribution in [-0.2, 0) is 0 Å². The first-order chi connectivity index (χ1) is 11.3. The molecule has 25 heavy (non-hydrogen) atoms. The third-order valence-corrected chi connectivity index (χ3v) is 4.88. The Morgan fingerprint density at radius 3 is 2.20 bits per heavy atom. The fraction of sp³-hybridized carbons (Fsp3) is 0.947. The monoisotopic (exact) mass is 467 g/mol. The third kappa shape index (κ3) is 9.99. The lowest BCUT2D eigenvalue weighted by atomic mass is 10.0. The predicted octanol–water partition coefficient (Wildman–Crippen LogP) is 3.01. The summed E-state index contributed by atoms with van der Waals surface area (Å²) in [5.41, 5.74) is 0. The first-order valence-corrected chi connectivity index (χ1v) is 9.78. The van der Waals surface area contributed by atoms with Gasteiger partial charge in [-0.05, 0) is 60.0 Å². The second-order valence-electron chi connectivity index (χ2n) is 8.01. The average Bonchev–Trinajstić information content (AvgIpc) is 2.51. The molecule has 1 rings (SSSR count). The van der Waals surface area contributed by atoms with Crippen LogP contribution in [-0.4, -0.2) is 74.2 Å². The van der Waals surface area contributed by atoms with Crippen molar-refractivity contribution in [1.29, 1.82) is 0 Å². The van der Waals surface area contributed by atoms with Crippen molar-refractivity contribution < 1.29 is 0 Å². The molecule has 0 radical (unpaired) electrons. The van der Waals surface area contributed by atoms with Gasteiger partial charge < -0.3 is 20.4 Å². The van der Waals surface area contributed by atoms with Crippen LogP contribution in [0, 0.1) is 5.92 Å². The molecule has 1 unspecified atom stereocenters. The Bertz CT molecular complexity index is 363. The largest absolute Gasteiger partial charge is 0.357 e. The van der Waals surface area contributed by atoms with Crippen LogP contribution in [0.2, 0.25) is 0 Å². The van der Waals surface area contributed by atoms with E-state index in [1.807, 2.05) is 0 Å². The van der Waals surface area contributed by atoms with E-state index in [0.717, 1.165) is 19.0 Å². The van der Waals surface area contributed by atoms with Crippen molar-refractivity contribution in [2.75, 3.05) is 40.3 Å². The van der Waals surface area contributed by atoms with Crippen LogP contribution in [0.4, 0.5) is 0 Å². The fourth-order valence-electron chi connectivity index (χ4n) is 3.26. The highest BCUT2D eigenvalue weighted by Crippen LogP contribution is 2.13. The molecule has 6 heteroatoms. The predicted molar refractivity (Wildman–Crippen MR) is 121 cm³/mol. The van der Waals surface area contributed by atoms with Crippen LogP contribution >= 0.6 is 24.0 Å². The summed E-state index contributed by atoms with van der Waals surface area (Å²) >= 11 is 0. The number of piperidine rings is 1. The van der Waals surface area contributed by atoms with E-state index in [9.17, 15) is 0 Å². The smallest absolute Gasteiger partial charge is 0.191 e. The number of halogens is 1. The molecule has 150 valence electrons. The number of nitrogens with one attached hydrogen (secondary N) is 2. The minimum atomic E-state index is 0. The summed E-state index contributed by atoms with van der Waals surface area (Å²) < 4.78 is 0. The highest BCUT2D eigenvalue weighted by Gasteiger charge is 2.21. The van der Waals surface area contributed by atoms with E-state index >= 15 is 0 Å². The van der Waals surface area contributed by atoms with E-state index in [0.29, 0.717) is 24.0 Å². The normalized spacial score (nSPS) is 18.6. The van der Waals surface area contributed by atoms with Crippen LogP contribution in [0.3, 0.4) is 0 Å². The van der Waals surface area contributed by atoms with Crippen molar-refractivity contribution in [3.8, 4) is 0 Å². The highest BCUT2D eigenvalue weighted by atomic mass is 127. The van der Waals surface area contributed by atoms with E-state index in [2.05, 4.69) is 69.1 Å². The first kappa shape index (κ1) is 24.9. The van der Waals surface area contributed by atoms with E-state index < -0.39 is 0 Å². The molecule has 0 aromatic carbocycles. The van der Waals surface area contributed by atoms with Crippen LogP contribution in [0.1, 0.15) is 53.9 Å². The Balaban J connectivity index is 0.00000576. The molecule has 1 heterocycles. The van der Waals surface area contributed by atoms with Gasteiger partial charge in [0.25, 0.3) is 0 Å². The summed E-state index contributed by atoms with van der Waals surface area (Å²) in [6, 6.07) is 1.70. The number of hydrogen-bond acceptors (Lipinski definition) is 3. The molecule has 0 amide bonds. The van der Waals surface area contributed by atoms with Crippen molar-refractivity contribution in [1.82, 2.24) is 20.4 Å². The zero-order chi connectivity index (χ0) is 18.1. The minimum absolute atomic E-state index is 0. The number of likely N-dealkylation sites (tertiary alicyclic amines) is 1. The summed E-state index contributed by atoms with van der Waals surface area (Å²) in [5, 5.41) is 7.08. The topological polar surface area (TPSA) is 42.9 Å². The van der Waals surface area contributed by atoms with Gasteiger partial charge in [0.2, 0.25) is 0 Å². The first-order valence-electron chi connectivity index (χ1n) is 9.78. The van der Waals surface area contributed by atoms with Crippen molar-refractivity contribution in [3.63, 3.8) is 0 Å². The fourth-order valence-corrected chi connectivity index (χ4v) is 3.26. The minimum Gasteiger partial charge on any atom is -0.357 e. The summed E-state index contributed by atoms with van der Waals surface area (Å²) in [6.45, 7) is 15.4. The number of aliphatic imine (C=N–C) groups is 1. The molecule has 0 spiro atoms. The molecule has 0 aromatic rings. The van der Waals surface area contributed by atoms with E-state index in [1.165, 1.54) is 32.4 Å². The summed E-state index contributed by atoms with van der Waals surface area (Å²) in [6.07, 6.45) is 3.58. The molecule has 1 atom stereocenters. The van der Waals surface area contributed by atoms with E-state index in [-0.39, 0.29) is 24.0 Å². The van der Waals surface area contributed by atoms with Gasteiger partial charge in [0, 0.05) is 37.8 Å². The number of guanidine groups is 1. The summed E-state index contributed by atoms with van der Waals surface area (Å²) in [4.78, 5) is 9.74. The molecule has 1 saturated heterocycles. The van der Waals surface area contributed by atoms with Crippen LogP contribution in [0.15, 0.2) is 4.99 Å². The molecule has 0 aliphatic carbocycles. The number of nitrogens with zero attached hydrogens (tertiary/aromatic N) is 3. The molecule has 5 nitrogen and oxygen atoms in total. The molecule has 0 saturated carbocycles. The molecule has 0 aromatic heterocycles. The quantitative estimate of drug-likeness (QED) is 0.327. The maximum atomic E-state index is 4.88. The van der Waals surface area contributed by atoms with Crippen molar-refractivity contribution in [2.45, 2.75) is 72.0 Å². The lowest BCUT2D eigenvalue weighted by Gasteiger charge is -2.35. The molecule has 1 aliphatic heterocycles. The van der Waals surface area contributed by atoms with Gasteiger partial charge in [-0.25, -0.2) is 0 Å². The summed E-state index contributed by atoms with van der Waals surface area (Å²) in [5.74, 6) is 1.68. The Labute approximate surface area is 173 Å². The average molecular weight is 467 g/mol. The van der Waals surface area contributed by atoms with Crippen LogP contribution < -0.4 is 10.6 Å². The standard InChI is InChI=1S/C19H41N5.HI/c1-8-20-19(21-14-18(23(6)7)13-15(2)3)22-17-9-11-24(12-10-17)16(4)5;/h15-18H,8-14H2,1-7H3,(H2,20,21,22);1H. The van der Waals surface area contributed by atoms with Crippen molar-refractivity contribution in [3.05, 3.63) is 0 Å². The van der Waals surface area contributed by atoms with Crippen LogP contribution in [0.25, 0.3) is 0 Å². The maximum Gasteiger partial charge on any atom is 0.191 e. The molecule has 1 aliphatic rings. The van der Waals surface area contributed by atoms with Crippen LogP contribution in [0.5, 0.6) is 0 Å². The number of likely N-dealkylation sites (N-methyl/N-ethyl adjacent to an activating group) is 1. The molecular weight excluding hydrogens is 425 g/mol. The molecule has 1 fully saturated rings. The lowest BCUT2D eigenvalue weighted by molar-refractivity contribution is 0.167. The maximum absolute atomic E-state index is 4.88. The Kier molecular flexibility index (Phi) is 13.1. The Hall–Kier alpha value is -0.0800. The van der Waals surface area contributed by atoms with Gasteiger partial charge in [-0.1, -0.05) is 13.8 Å². The van der Waals surface area contributed by atoms with Gasteiger partial charge in [0.05, 0.1) is 6.54 Å². The molecular formula is C19H42IN5. The van der Waals surface area contributed by atoms with Gasteiger partial charge in [-0.3, -0.25) is 4.99 Å². The second-order valence-corrected chi connectivity index (χ2v) is 8.01. The number of hydrogen-bond donors (Lipinski definition) is 2. The zero-order valence-electron chi connectivity index (χ0n) is 17.5. The van der Waals surface area contributed by atoms with E-state index in [4.69, 9.17) is 4.99 Å². The number of rotatable bonds is 8. The van der Waals surface area contributed by atoms with Gasteiger partial charge in [-0.2, -0.15) is 0 Å².